The van der Waals surface area contributed by atoms with Gasteiger partial charge in [-0.25, -0.2) is 9.67 Å². The molecule has 0 spiro atoms. The molecule has 0 aromatic carbocycles. The Kier molecular flexibility index (Phi) is 10.6. The van der Waals surface area contributed by atoms with Gasteiger partial charge in [0.25, 0.3) is 5.91 Å². The summed E-state index contributed by atoms with van der Waals surface area (Å²) in [6.07, 6.45) is 10.2. The highest BCUT2D eigenvalue weighted by Gasteiger charge is 2.48. The normalized spacial score (nSPS) is 17.7. The van der Waals surface area contributed by atoms with Crippen molar-refractivity contribution in [1.29, 1.82) is 0 Å². The first-order chi connectivity index (χ1) is 22.8. The molecular weight excluding hydrogens is 621 g/mol. The lowest BCUT2D eigenvalue weighted by Crippen LogP contribution is -2.50. The average Bonchev–Trinajstić information content (AvgIpc) is 4.01. The third kappa shape index (κ3) is 7.57. The molecule has 0 unspecified atom stereocenters. The highest BCUT2D eigenvalue weighted by Crippen LogP contribution is 2.51. The summed E-state index contributed by atoms with van der Waals surface area (Å²) >= 11 is 1.26. The van der Waals surface area contributed by atoms with E-state index in [0.717, 1.165) is 55.7 Å². The molecule has 4 heterocycles. The van der Waals surface area contributed by atoms with Crippen LogP contribution in [0, 0.1) is 37.5 Å². The van der Waals surface area contributed by atoms with Crippen molar-refractivity contribution in [3.8, 4) is 11.1 Å². The van der Waals surface area contributed by atoms with Crippen LogP contribution in [0.2, 0.25) is 0 Å². The highest BCUT2D eigenvalue weighted by atomic mass is 32.2. The second-order valence-electron chi connectivity index (χ2n) is 13.0. The van der Waals surface area contributed by atoms with Crippen molar-refractivity contribution in [2.75, 3.05) is 37.1 Å². The molecule has 1 atom stereocenters. The Bertz CT molecular complexity index is 1570. The van der Waals surface area contributed by atoms with E-state index in [-0.39, 0.29) is 29.6 Å². The Balaban J connectivity index is 1.20. The van der Waals surface area contributed by atoms with Crippen LogP contribution in [-0.4, -0.2) is 74.2 Å². The molecule has 2 aliphatic carbocycles. The Hall–Kier alpha value is -3.29. The van der Waals surface area contributed by atoms with E-state index in [9.17, 15) is 9.59 Å². The van der Waals surface area contributed by atoms with Crippen LogP contribution in [0.1, 0.15) is 78.9 Å². The van der Waals surface area contributed by atoms with Crippen LogP contribution >= 0.6 is 0 Å². The van der Waals surface area contributed by atoms with Crippen molar-refractivity contribution >= 4 is 29.4 Å². The molecule has 6 rings (SSSR count). The van der Waals surface area contributed by atoms with Crippen LogP contribution in [0.5, 0.6) is 0 Å². The van der Waals surface area contributed by atoms with Crippen molar-refractivity contribution in [2.24, 2.45) is 17.8 Å². The van der Waals surface area contributed by atoms with Gasteiger partial charge >= 0.3 is 0 Å². The molecule has 3 aromatic rings. The zero-order chi connectivity index (χ0) is 33.1. The summed E-state index contributed by atoms with van der Waals surface area (Å²) < 4.78 is 30.7. The number of rotatable bonds is 15. The molecule has 3 aromatic heterocycles. The number of aromatic nitrogens is 5. The van der Waals surface area contributed by atoms with Gasteiger partial charge in [0.1, 0.15) is 24.3 Å². The molecule has 0 bridgehead atoms. The first kappa shape index (κ1) is 33.6. The maximum atomic E-state index is 15.7. The number of aryl methyl sites for hydroxylation is 1. The molecule has 2 saturated carbocycles. The lowest BCUT2D eigenvalue weighted by molar-refractivity contribution is -0.119. The van der Waals surface area contributed by atoms with E-state index in [1.54, 1.807) is 23.0 Å². The number of pyridine rings is 1. The molecule has 13 heteroatoms. The summed E-state index contributed by atoms with van der Waals surface area (Å²) in [4.78, 5) is 31.8. The minimum absolute atomic E-state index is 0.0218. The number of anilines is 1. The summed E-state index contributed by atoms with van der Waals surface area (Å²) in [5, 5.41) is 15.1. The zero-order valence-corrected chi connectivity index (χ0v) is 28.7. The number of thiol groups is 1. The molecule has 3 aliphatic rings. The summed E-state index contributed by atoms with van der Waals surface area (Å²) in [6, 6.07) is 2.68. The monoisotopic (exact) mass is 668 g/mol. The van der Waals surface area contributed by atoms with E-state index >= 15 is 4.39 Å². The molecule has 1 aliphatic heterocycles. The maximum Gasteiger partial charge on any atom is 0.255 e. The number of hydrogen-bond donors (Lipinski definition) is 2. The third-order valence-corrected chi connectivity index (χ3v) is 10.4. The van der Waals surface area contributed by atoms with Gasteiger partial charge in [0, 0.05) is 35.7 Å². The minimum Gasteiger partial charge on any atom is -0.381 e. The van der Waals surface area contributed by atoms with Crippen molar-refractivity contribution in [1.82, 2.24) is 29.9 Å². The molecule has 0 radical (unpaired) electrons. The summed E-state index contributed by atoms with van der Waals surface area (Å²) in [6.45, 7) is 8.02. The number of halogens is 1. The fourth-order valence-electron chi connectivity index (χ4n) is 7.04. The smallest absolute Gasteiger partial charge is 0.255 e. The molecule has 2 N–H and O–H groups in total. The van der Waals surface area contributed by atoms with E-state index in [1.807, 2.05) is 25.5 Å². The average molecular weight is 669 g/mol. The first-order valence-electron chi connectivity index (χ1n) is 16.9. The Morgan fingerprint density at radius 2 is 1.85 bits per heavy atom. The highest BCUT2D eigenvalue weighted by molar-refractivity contribution is 7.77. The van der Waals surface area contributed by atoms with Crippen molar-refractivity contribution < 1.29 is 23.5 Å². The summed E-state index contributed by atoms with van der Waals surface area (Å²) in [5.74, 6) is 0.446. The number of nitrogens with one attached hydrogen (secondary N) is 2. The van der Waals surface area contributed by atoms with Crippen LogP contribution in [0.3, 0.4) is 0 Å². The molecule has 3 fully saturated rings. The Labute approximate surface area is 279 Å². The van der Waals surface area contributed by atoms with Gasteiger partial charge < -0.3 is 20.1 Å². The lowest BCUT2D eigenvalue weighted by atomic mass is 9.88. The van der Waals surface area contributed by atoms with Crippen molar-refractivity contribution in [3.05, 3.63) is 46.9 Å². The molecule has 2 amide bonds. The number of hydrogen-bond acceptors (Lipinski definition) is 7. The molecule has 1 saturated heterocycles. The standard InChI is InChI=1S/C34H46FN7O4S/c1-5-27-29(20(2)40-41(27)19-46-16-17-47-4)25-10-11-28(37-32(25)35)38-34(44)31(30(22-6-7-22)23-8-9-23)39-33(43)26-18-36-42(21(26)3)24-12-14-45-15-13-24/h10-11,18,22-24,30-31H,5-9,12-17,19H2,1-4H3,(H,39,43)(H,37,38,44)/p+1/t31-/m0/s1. The minimum atomic E-state index is -0.766. The largest absolute Gasteiger partial charge is 0.381 e. The predicted octanol–water partition coefficient (Wildman–Crippen LogP) is 4.40. The number of carbonyl (C=O) groups is 2. The van der Waals surface area contributed by atoms with Crippen molar-refractivity contribution in [2.45, 2.75) is 84.5 Å². The van der Waals surface area contributed by atoms with Gasteiger partial charge in [-0.15, -0.1) is 0 Å². The van der Waals surface area contributed by atoms with E-state index < -0.39 is 12.0 Å². The van der Waals surface area contributed by atoms with Crippen molar-refractivity contribution in [3.63, 3.8) is 0 Å². The molecular formula is C34H47FN7O4S+. The topological polar surface area (TPSA) is 125 Å². The van der Waals surface area contributed by atoms with Gasteiger partial charge in [-0.3, -0.25) is 14.3 Å². The predicted molar refractivity (Wildman–Crippen MR) is 180 cm³/mol. The second kappa shape index (κ2) is 14.9. The van der Waals surface area contributed by atoms with E-state index in [4.69, 9.17) is 9.47 Å². The van der Waals surface area contributed by atoms with Gasteiger partial charge in [0.2, 0.25) is 11.9 Å². The summed E-state index contributed by atoms with van der Waals surface area (Å²) in [7, 11) is 0. The first-order valence-corrected chi connectivity index (χ1v) is 18.4. The number of ether oxygens (including phenoxy) is 2. The number of amides is 2. The molecule has 254 valence electrons. The third-order valence-electron chi connectivity index (χ3n) is 9.72. The van der Waals surface area contributed by atoms with E-state index in [0.29, 0.717) is 67.2 Å². The van der Waals surface area contributed by atoms with Gasteiger partial charge in [0.15, 0.2) is 0 Å². The van der Waals surface area contributed by atoms with Gasteiger partial charge in [-0.1, -0.05) is 6.92 Å². The van der Waals surface area contributed by atoms with Gasteiger partial charge in [-0.05, 0) is 100 Å². The second-order valence-corrected chi connectivity index (χ2v) is 14.1. The molecule has 11 nitrogen and oxygen atoms in total. The van der Waals surface area contributed by atoms with Crippen LogP contribution in [-0.2, 0) is 39.2 Å². The fraction of sp³-hybridized carbons (Fsp3) is 0.618. The van der Waals surface area contributed by atoms with Crippen LogP contribution in [0.15, 0.2) is 18.3 Å². The number of nitrogens with zero attached hydrogens (tertiary/aromatic N) is 5. The van der Waals surface area contributed by atoms with Crippen LogP contribution in [0.25, 0.3) is 11.1 Å². The van der Waals surface area contributed by atoms with Crippen LogP contribution < -0.4 is 10.6 Å². The fourth-order valence-corrected chi connectivity index (χ4v) is 7.35. The lowest BCUT2D eigenvalue weighted by Gasteiger charge is -2.27. The maximum absolute atomic E-state index is 15.7. The Morgan fingerprint density at radius 3 is 2.49 bits per heavy atom. The SMILES string of the molecule is CCc1c(-c2ccc(NC(=O)[C@@H](NC(=O)c3cnn(C4CCOCC4)c3C)C(C3CC3)C3CC3)nc2F)c(C)nn1COCC[SH+]C. The quantitative estimate of drug-likeness (QED) is 0.106. The molecule has 47 heavy (non-hydrogen) atoms. The van der Waals surface area contributed by atoms with Gasteiger partial charge in [0.05, 0.1) is 36.4 Å². The summed E-state index contributed by atoms with van der Waals surface area (Å²) in [5.41, 5.74) is 3.81. The van der Waals surface area contributed by atoms with Gasteiger partial charge in [-0.2, -0.15) is 14.6 Å². The Morgan fingerprint density at radius 1 is 1.13 bits per heavy atom. The van der Waals surface area contributed by atoms with Crippen LogP contribution in [0.4, 0.5) is 10.2 Å². The zero-order valence-electron chi connectivity index (χ0n) is 27.8. The van der Waals surface area contributed by atoms with E-state index in [1.165, 1.54) is 11.8 Å². The van der Waals surface area contributed by atoms with E-state index in [2.05, 4.69) is 32.1 Å². The number of carbonyl (C=O) groups excluding carboxylic acids is 2.